The molecule has 1 aliphatic heterocycles. The Labute approximate surface area is 107 Å². The minimum Gasteiger partial charge on any atom is -0.379 e. The van der Waals surface area contributed by atoms with Crippen LogP contribution in [0.5, 0.6) is 0 Å². The molecule has 0 aliphatic carbocycles. The second-order valence-electron chi connectivity index (χ2n) is 4.10. The van der Waals surface area contributed by atoms with Gasteiger partial charge in [-0.25, -0.2) is 10.4 Å². The molecule has 2 heterocycles. The molecule has 0 bridgehead atoms. The van der Waals surface area contributed by atoms with Gasteiger partial charge in [0.2, 0.25) is 0 Å². The molecule has 1 aromatic rings. The number of ether oxygens (including phenoxy) is 1. The van der Waals surface area contributed by atoms with Gasteiger partial charge in [0, 0.05) is 19.6 Å². The monoisotopic (exact) mass is 258 g/mol. The quantitative estimate of drug-likeness (QED) is 0.881. The van der Waals surface area contributed by atoms with Gasteiger partial charge < -0.3 is 4.74 Å². The van der Waals surface area contributed by atoms with Gasteiger partial charge in [0.05, 0.1) is 36.2 Å². The first-order chi connectivity index (χ1) is 8.22. The van der Waals surface area contributed by atoms with Crippen molar-refractivity contribution < 1.29 is 4.74 Å². The summed E-state index contributed by atoms with van der Waals surface area (Å²) in [6.07, 6.45) is 0. The summed E-state index contributed by atoms with van der Waals surface area (Å²) in [5.41, 5.74) is 5.32. The van der Waals surface area contributed by atoms with Crippen LogP contribution < -0.4 is 5.43 Å². The summed E-state index contributed by atoms with van der Waals surface area (Å²) in [6.45, 7) is 8.96. The van der Waals surface area contributed by atoms with Crippen molar-refractivity contribution in [3.63, 3.8) is 0 Å². The smallest absolute Gasteiger partial charge is 0.0860 e. The molecule has 1 N–H and O–H groups in total. The SMILES string of the molecule is CCn1nc(C)c(Cl)c1CNN1CCOCC1. The van der Waals surface area contributed by atoms with Crippen LogP contribution in [0.2, 0.25) is 5.02 Å². The van der Waals surface area contributed by atoms with E-state index in [9.17, 15) is 0 Å². The van der Waals surface area contributed by atoms with Crippen molar-refractivity contribution >= 4 is 11.6 Å². The molecule has 0 saturated carbocycles. The van der Waals surface area contributed by atoms with Crippen molar-refractivity contribution in [3.05, 3.63) is 16.4 Å². The number of hydrogen-bond donors (Lipinski definition) is 1. The average Bonchev–Trinajstić information content (AvgIpc) is 2.64. The van der Waals surface area contributed by atoms with Crippen molar-refractivity contribution in [2.75, 3.05) is 26.3 Å². The Morgan fingerprint density at radius 3 is 2.76 bits per heavy atom. The van der Waals surface area contributed by atoms with E-state index in [2.05, 4.69) is 22.5 Å². The van der Waals surface area contributed by atoms with Crippen LogP contribution in [-0.4, -0.2) is 41.1 Å². The Kier molecular flexibility index (Phi) is 4.39. The van der Waals surface area contributed by atoms with Crippen molar-refractivity contribution in [1.82, 2.24) is 20.2 Å². The van der Waals surface area contributed by atoms with E-state index in [4.69, 9.17) is 16.3 Å². The third-order valence-electron chi connectivity index (χ3n) is 2.93. The molecule has 6 heteroatoms. The van der Waals surface area contributed by atoms with Gasteiger partial charge in [-0.05, 0) is 13.8 Å². The number of rotatable bonds is 4. The lowest BCUT2D eigenvalue weighted by Gasteiger charge is -2.27. The second kappa shape index (κ2) is 5.82. The van der Waals surface area contributed by atoms with Crippen LogP contribution >= 0.6 is 11.6 Å². The highest BCUT2D eigenvalue weighted by Gasteiger charge is 2.15. The molecule has 1 aliphatic rings. The lowest BCUT2D eigenvalue weighted by molar-refractivity contribution is 0.0101. The zero-order chi connectivity index (χ0) is 12.3. The summed E-state index contributed by atoms with van der Waals surface area (Å²) in [5, 5.41) is 7.33. The average molecular weight is 259 g/mol. The summed E-state index contributed by atoms with van der Waals surface area (Å²) < 4.78 is 7.25. The van der Waals surface area contributed by atoms with Crippen molar-refractivity contribution in [2.45, 2.75) is 26.9 Å². The number of nitrogens with zero attached hydrogens (tertiary/aromatic N) is 3. The number of halogens is 1. The third-order valence-corrected chi connectivity index (χ3v) is 3.43. The molecule has 0 unspecified atom stereocenters. The Hall–Kier alpha value is -0.620. The van der Waals surface area contributed by atoms with Crippen molar-refractivity contribution in [2.24, 2.45) is 0 Å². The highest BCUT2D eigenvalue weighted by molar-refractivity contribution is 6.31. The fraction of sp³-hybridized carbons (Fsp3) is 0.727. The number of morpholine rings is 1. The standard InChI is InChI=1S/C11H19ClN4O/c1-3-16-10(11(12)9(2)14-16)8-13-15-4-6-17-7-5-15/h13H,3-8H2,1-2H3. The van der Waals surface area contributed by atoms with E-state index in [1.807, 2.05) is 11.6 Å². The van der Waals surface area contributed by atoms with Crippen molar-refractivity contribution in [3.8, 4) is 0 Å². The summed E-state index contributed by atoms with van der Waals surface area (Å²) in [4.78, 5) is 0. The molecule has 5 nitrogen and oxygen atoms in total. The van der Waals surface area contributed by atoms with Crippen LogP contribution in [0.25, 0.3) is 0 Å². The van der Waals surface area contributed by atoms with Crippen LogP contribution in [0.4, 0.5) is 0 Å². The van der Waals surface area contributed by atoms with E-state index in [1.54, 1.807) is 0 Å². The number of nitrogens with one attached hydrogen (secondary N) is 1. The van der Waals surface area contributed by atoms with Gasteiger partial charge in [-0.3, -0.25) is 4.68 Å². The van der Waals surface area contributed by atoms with Gasteiger partial charge in [-0.2, -0.15) is 5.10 Å². The van der Waals surface area contributed by atoms with Gasteiger partial charge in [-0.1, -0.05) is 11.6 Å². The molecule has 96 valence electrons. The van der Waals surface area contributed by atoms with Crippen LogP contribution in [0.15, 0.2) is 0 Å². The minimum atomic E-state index is 0.716. The van der Waals surface area contributed by atoms with E-state index in [0.717, 1.165) is 49.3 Å². The first-order valence-corrected chi connectivity index (χ1v) is 6.38. The van der Waals surface area contributed by atoms with Crippen LogP contribution in [0, 0.1) is 6.92 Å². The fourth-order valence-corrected chi connectivity index (χ4v) is 2.15. The summed E-state index contributed by atoms with van der Waals surface area (Å²) in [7, 11) is 0. The molecule has 1 fully saturated rings. The van der Waals surface area contributed by atoms with Crippen LogP contribution in [0.1, 0.15) is 18.3 Å². The molecule has 17 heavy (non-hydrogen) atoms. The van der Waals surface area contributed by atoms with E-state index < -0.39 is 0 Å². The molecule has 0 aromatic carbocycles. The molecule has 0 amide bonds. The van der Waals surface area contributed by atoms with E-state index in [0.29, 0.717) is 6.54 Å². The van der Waals surface area contributed by atoms with E-state index >= 15 is 0 Å². The zero-order valence-corrected chi connectivity index (χ0v) is 11.1. The van der Waals surface area contributed by atoms with Crippen molar-refractivity contribution in [1.29, 1.82) is 0 Å². The summed E-state index contributed by atoms with van der Waals surface area (Å²) in [6, 6.07) is 0. The number of hydrazine groups is 1. The maximum atomic E-state index is 6.24. The predicted molar refractivity (Wildman–Crippen MR) is 66.9 cm³/mol. The molecule has 1 aromatic heterocycles. The highest BCUT2D eigenvalue weighted by Crippen LogP contribution is 2.20. The molecule has 0 radical (unpaired) electrons. The zero-order valence-electron chi connectivity index (χ0n) is 10.4. The Bertz CT molecular complexity index is 374. The molecular formula is C11H19ClN4O. The topological polar surface area (TPSA) is 42.3 Å². The van der Waals surface area contributed by atoms with Crippen LogP contribution in [-0.2, 0) is 17.8 Å². The number of hydrogen-bond acceptors (Lipinski definition) is 4. The molecule has 2 rings (SSSR count). The normalized spacial score (nSPS) is 17.6. The molecule has 0 atom stereocenters. The van der Waals surface area contributed by atoms with Gasteiger partial charge >= 0.3 is 0 Å². The van der Waals surface area contributed by atoms with Crippen LogP contribution in [0.3, 0.4) is 0 Å². The second-order valence-corrected chi connectivity index (χ2v) is 4.47. The molecule has 0 spiro atoms. The lowest BCUT2D eigenvalue weighted by Crippen LogP contribution is -2.45. The number of aromatic nitrogens is 2. The maximum absolute atomic E-state index is 6.24. The Morgan fingerprint density at radius 2 is 2.12 bits per heavy atom. The fourth-order valence-electron chi connectivity index (χ4n) is 1.95. The molecule has 1 saturated heterocycles. The Balaban J connectivity index is 1.97. The molecular weight excluding hydrogens is 240 g/mol. The lowest BCUT2D eigenvalue weighted by atomic mass is 10.3. The van der Waals surface area contributed by atoms with E-state index in [-0.39, 0.29) is 0 Å². The third kappa shape index (κ3) is 2.98. The van der Waals surface area contributed by atoms with Gasteiger partial charge in [0.25, 0.3) is 0 Å². The Morgan fingerprint density at radius 1 is 1.41 bits per heavy atom. The van der Waals surface area contributed by atoms with E-state index in [1.165, 1.54) is 0 Å². The summed E-state index contributed by atoms with van der Waals surface area (Å²) >= 11 is 6.24. The van der Waals surface area contributed by atoms with Gasteiger partial charge in [0.15, 0.2) is 0 Å². The highest BCUT2D eigenvalue weighted by atomic mass is 35.5. The van der Waals surface area contributed by atoms with Gasteiger partial charge in [0.1, 0.15) is 0 Å². The first-order valence-electron chi connectivity index (χ1n) is 6.00. The number of aryl methyl sites for hydroxylation is 2. The minimum absolute atomic E-state index is 0.716. The van der Waals surface area contributed by atoms with Gasteiger partial charge in [-0.15, -0.1) is 0 Å². The maximum Gasteiger partial charge on any atom is 0.0860 e. The summed E-state index contributed by atoms with van der Waals surface area (Å²) in [5.74, 6) is 0. The predicted octanol–water partition coefficient (Wildman–Crippen LogP) is 1.20. The largest absolute Gasteiger partial charge is 0.379 e. The first kappa shape index (κ1) is 12.8.